The number of nitrogens with zero attached hydrogens (tertiary/aromatic N) is 1. The van der Waals surface area contributed by atoms with Gasteiger partial charge in [0.05, 0.1) is 5.69 Å². The number of carbonyl (C=O) groups excluding carboxylic acids is 2. The van der Waals surface area contributed by atoms with E-state index in [1.165, 1.54) is 6.92 Å². The molecule has 0 spiro atoms. The smallest absolute Gasteiger partial charge is 0.278 e. The summed E-state index contributed by atoms with van der Waals surface area (Å²) in [6, 6.07) is 10.7. The van der Waals surface area contributed by atoms with Gasteiger partial charge in [0.15, 0.2) is 0 Å². The molecule has 3 aromatic rings. The largest absolute Gasteiger partial charge is 0.466 e. The van der Waals surface area contributed by atoms with E-state index in [4.69, 9.17) is 27.9 Å². The summed E-state index contributed by atoms with van der Waals surface area (Å²) in [6.45, 7) is 2.39. The van der Waals surface area contributed by atoms with E-state index in [0.29, 0.717) is 41.0 Å². The maximum absolute atomic E-state index is 13.3. The van der Waals surface area contributed by atoms with Gasteiger partial charge in [-0.2, -0.15) is 0 Å². The van der Waals surface area contributed by atoms with Gasteiger partial charge in [0, 0.05) is 45.8 Å². The van der Waals surface area contributed by atoms with E-state index in [9.17, 15) is 9.59 Å². The second-order valence-electron chi connectivity index (χ2n) is 7.85. The number of halogens is 2. The van der Waals surface area contributed by atoms with Crippen molar-refractivity contribution in [1.82, 2.24) is 9.88 Å². The van der Waals surface area contributed by atoms with Crippen molar-refractivity contribution in [3.63, 3.8) is 0 Å². The normalized spacial score (nSPS) is 20.7. The Balaban J connectivity index is 1.37. The number of hydrogen-bond acceptors (Lipinski definition) is 3. The molecule has 158 valence electrons. The van der Waals surface area contributed by atoms with E-state index in [1.54, 1.807) is 23.1 Å². The molecular formula is C23H19Cl2N3O3. The first-order valence-corrected chi connectivity index (χ1v) is 10.7. The number of hydrogen-bond donors (Lipinski definition) is 2. The molecule has 2 amide bonds. The molecule has 0 radical (unpaired) electrons. The second-order valence-corrected chi connectivity index (χ2v) is 8.73. The Morgan fingerprint density at radius 2 is 1.94 bits per heavy atom. The number of nitrogens with one attached hydrogen (secondary N) is 2. The predicted molar refractivity (Wildman–Crippen MR) is 122 cm³/mol. The van der Waals surface area contributed by atoms with Crippen molar-refractivity contribution >= 4 is 57.2 Å². The molecule has 3 heterocycles. The molecule has 2 aliphatic rings. The van der Waals surface area contributed by atoms with Crippen molar-refractivity contribution < 1.29 is 14.3 Å². The third-order valence-corrected chi connectivity index (χ3v) is 6.30. The predicted octanol–water partition coefficient (Wildman–Crippen LogP) is 4.88. The summed E-state index contributed by atoms with van der Waals surface area (Å²) in [4.78, 5) is 30.9. The van der Waals surface area contributed by atoms with Crippen LogP contribution in [0.15, 0.2) is 48.7 Å². The number of rotatable bonds is 2. The van der Waals surface area contributed by atoms with Gasteiger partial charge >= 0.3 is 0 Å². The van der Waals surface area contributed by atoms with Gasteiger partial charge in [-0.1, -0.05) is 35.3 Å². The lowest BCUT2D eigenvalue weighted by atomic mass is 9.96. The number of fused-ring (bicyclic) bond motifs is 2. The Kier molecular flexibility index (Phi) is 4.72. The van der Waals surface area contributed by atoms with Gasteiger partial charge in [0.25, 0.3) is 17.4 Å². The molecule has 5 rings (SSSR count). The fourth-order valence-corrected chi connectivity index (χ4v) is 4.45. The molecule has 2 aliphatic heterocycles. The van der Waals surface area contributed by atoms with Gasteiger partial charge in [-0.05, 0) is 49.2 Å². The van der Waals surface area contributed by atoms with Crippen LogP contribution in [0.5, 0.6) is 5.75 Å². The van der Waals surface area contributed by atoms with Crippen molar-refractivity contribution in [1.29, 1.82) is 0 Å². The third-order valence-electron chi connectivity index (χ3n) is 5.83. The Bertz CT molecular complexity index is 1270. The van der Waals surface area contributed by atoms with E-state index < -0.39 is 11.5 Å². The zero-order valence-corrected chi connectivity index (χ0v) is 18.2. The Morgan fingerprint density at radius 1 is 1.16 bits per heavy atom. The summed E-state index contributed by atoms with van der Waals surface area (Å²) >= 11 is 12.1. The molecule has 0 bridgehead atoms. The quantitative estimate of drug-likeness (QED) is 0.540. The minimum atomic E-state index is -1.64. The fourth-order valence-electron chi connectivity index (χ4n) is 4.10. The van der Waals surface area contributed by atoms with E-state index in [1.807, 2.05) is 30.5 Å². The molecule has 1 atom stereocenters. The van der Waals surface area contributed by atoms with E-state index >= 15 is 0 Å². The second kappa shape index (κ2) is 7.32. The van der Waals surface area contributed by atoms with Gasteiger partial charge < -0.3 is 19.9 Å². The lowest BCUT2D eigenvalue weighted by molar-refractivity contribution is -0.154. The number of ether oxygens (including phenoxy) is 1. The number of aromatic amines is 1. The highest BCUT2D eigenvalue weighted by molar-refractivity contribution is 6.31. The molecule has 1 aromatic heterocycles. The third kappa shape index (κ3) is 3.36. The molecule has 0 saturated heterocycles. The maximum atomic E-state index is 13.3. The molecular weight excluding hydrogens is 437 g/mol. The fraction of sp³-hybridized carbons (Fsp3) is 0.217. The van der Waals surface area contributed by atoms with Gasteiger partial charge in [0.1, 0.15) is 5.75 Å². The molecule has 8 heteroatoms. The van der Waals surface area contributed by atoms with Crippen molar-refractivity contribution in [2.45, 2.75) is 18.9 Å². The molecule has 31 heavy (non-hydrogen) atoms. The molecule has 2 aromatic carbocycles. The van der Waals surface area contributed by atoms with Crippen LogP contribution in [0.2, 0.25) is 10.0 Å². The molecule has 6 nitrogen and oxygen atoms in total. The summed E-state index contributed by atoms with van der Waals surface area (Å²) in [7, 11) is 0. The molecule has 0 aliphatic carbocycles. The first-order valence-electron chi connectivity index (χ1n) is 9.90. The highest BCUT2D eigenvalue weighted by Crippen LogP contribution is 2.37. The Morgan fingerprint density at radius 3 is 2.71 bits per heavy atom. The van der Waals surface area contributed by atoms with Crippen LogP contribution in [0.25, 0.3) is 16.5 Å². The Hall–Kier alpha value is -2.96. The molecule has 0 fully saturated rings. The number of aromatic nitrogens is 1. The first kappa shape index (κ1) is 20.0. The molecule has 2 N–H and O–H groups in total. The van der Waals surface area contributed by atoms with E-state index in [-0.39, 0.29) is 5.91 Å². The molecule has 1 unspecified atom stereocenters. The highest BCUT2D eigenvalue weighted by Gasteiger charge is 2.49. The van der Waals surface area contributed by atoms with Crippen molar-refractivity contribution in [2.24, 2.45) is 0 Å². The van der Waals surface area contributed by atoms with E-state index in [2.05, 4.69) is 10.3 Å². The number of carbonyl (C=O) groups is 2. The standard InChI is InChI=1S/C23H19Cl2N3O3/c1-23(21(29)27-19-11-15(25)3-5-20(19)31-23)22(30)28-8-6-13(7-9-28)17-12-26-18-10-14(24)2-4-16(17)18/h2-6,10-12,26H,7-9H2,1H3,(H,27,29). The van der Waals surface area contributed by atoms with Crippen LogP contribution < -0.4 is 10.1 Å². The van der Waals surface area contributed by atoms with Crippen LogP contribution in [0.1, 0.15) is 18.9 Å². The van der Waals surface area contributed by atoms with Crippen molar-refractivity contribution in [2.75, 3.05) is 18.4 Å². The van der Waals surface area contributed by atoms with Gasteiger partial charge in [0.2, 0.25) is 0 Å². The summed E-state index contributed by atoms with van der Waals surface area (Å²) in [5, 5.41) is 4.99. The summed E-state index contributed by atoms with van der Waals surface area (Å²) in [6.07, 6.45) is 4.66. The average molecular weight is 456 g/mol. The summed E-state index contributed by atoms with van der Waals surface area (Å²) < 4.78 is 5.87. The number of H-pyrrole nitrogens is 1. The van der Waals surface area contributed by atoms with Crippen LogP contribution in [-0.4, -0.2) is 40.4 Å². The molecule has 0 saturated carbocycles. The maximum Gasteiger partial charge on any atom is 0.278 e. The van der Waals surface area contributed by atoms with Crippen molar-refractivity contribution in [3.05, 3.63) is 64.3 Å². The zero-order valence-electron chi connectivity index (χ0n) is 16.7. The zero-order chi connectivity index (χ0) is 21.8. The lowest BCUT2D eigenvalue weighted by Crippen LogP contribution is -2.60. The van der Waals surface area contributed by atoms with Crippen LogP contribution in [-0.2, 0) is 9.59 Å². The van der Waals surface area contributed by atoms with E-state index in [0.717, 1.165) is 22.0 Å². The monoisotopic (exact) mass is 455 g/mol. The lowest BCUT2D eigenvalue weighted by Gasteiger charge is -2.38. The van der Waals surface area contributed by atoms with Gasteiger partial charge in [-0.3, -0.25) is 9.59 Å². The average Bonchev–Trinajstić information content (AvgIpc) is 3.17. The number of amides is 2. The number of anilines is 1. The Labute approximate surface area is 188 Å². The summed E-state index contributed by atoms with van der Waals surface area (Å²) in [5.41, 5.74) is 2.05. The van der Waals surface area contributed by atoms with Crippen LogP contribution in [0, 0.1) is 0 Å². The first-order chi connectivity index (χ1) is 14.8. The van der Waals surface area contributed by atoms with Crippen LogP contribution in [0.3, 0.4) is 0 Å². The van der Waals surface area contributed by atoms with Gasteiger partial charge in [-0.15, -0.1) is 0 Å². The number of benzene rings is 2. The summed E-state index contributed by atoms with van der Waals surface area (Å²) in [5.74, 6) is -0.451. The topological polar surface area (TPSA) is 74.4 Å². The van der Waals surface area contributed by atoms with Gasteiger partial charge in [-0.25, -0.2) is 0 Å². The minimum absolute atomic E-state index is 0.369. The van der Waals surface area contributed by atoms with Crippen LogP contribution in [0.4, 0.5) is 5.69 Å². The SMILES string of the molecule is CC1(C(=O)N2CC=C(c3c[nH]c4cc(Cl)ccc34)CC2)Oc2ccc(Cl)cc2NC1=O. The van der Waals surface area contributed by atoms with Crippen LogP contribution >= 0.6 is 23.2 Å². The van der Waals surface area contributed by atoms with Crippen molar-refractivity contribution in [3.8, 4) is 5.75 Å². The highest BCUT2D eigenvalue weighted by atomic mass is 35.5. The minimum Gasteiger partial charge on any atom is -0.466 e.